The average Bonchev–Trinajstić information content (AvgIpc) is 2.28. The molecule has 1 saturated heterocycles. The molecule has 1 rings (SSSR count). The van der Waals surface area contributed by atoms with Crippen molar-refractivity contribution in [2.45, 2.75) is 58.2 Å². The molecule has 1 atom stereocenters. The fraction of sp³-hybridized carbons (Fsp3) is 1.00. The summed E-state index contributed by atoms with van der Waals surface area (Å²) in [5.41, 5.74) is 0. The third-order valence-corrected chi connectivity index (χ3v) is 5.75. The number of nitrogens with zero attached hydrogens (tertiary/aromatic N) is 1. The van der Waals surface area contributed by atoms with Gasteiger partial charge in [-0.15, -0.1) is 0 Å². The van der Waals surface area contributed by atoms with Crippen molar-refractivity contribution >= 4 is 10.0 Å². The predicted molar refractivity (Wildman–Crippen MR) is 76.1 cm³/mol. The van der Waals surface area contributed by atoms with E-state index in [1.807, 2.05) is 0 Å². The highest BCUT2D eigenvalue weighted by Crippen LogP contribution is 2.22. The van der Waals surface area contributed by atoms with Crippen LogP contribution in [0.1, 0.15) is 47.0 Å². The molecule has 5 heteroatoms. The smallest absolute Gasteiger partial charge is 0.216 e. The normalized spacial score (nSPS) is 22.9. The van der Waals surface area contributed by atoms with Gasteiger partial charge >= 0.3 is 0 Å². The molecule has 1 heterocycles. The van der Waals surface area contributed by atoms with E-state index < -0.39 is 10.0 Å². The number of sulfonamides is 1. The summed E-state index contributed by atoms with van der Waals surface area (Å²) < 4.78 is 26.3. The van der Waals surface area contributed by atoms with E-state index in [2.05, 4.69) is 19.2 Å². The number of hydrogen-bond donors (Lipinski definition) is 1. The van der Waals surface area contributed by atoms with Crippen LogP contribution in [0, 0.1) is 5.92 Å². The first-order chi connectivity index (χ1) is 8.35. The molecule has 0 bridgehead atoms. The Hall–Kier alpha value is -0.130. The van der Waals surface area contributed by atoms with Crippen LogP contribution in [-0.2, 0) is 10.0 Å². The summed E-state index contributed by atoms with van der Waals surface area (Å²) in [6.45, 7) is 10.3. The summed E-state index contributed by atoms with van der Waals surface area (Å²) in [5, 5.41) is 3.07. The van der Waals surface area contributed by atoms with Crippen molar-refractivity contribution in [2.24, 2.45) is 5.92 Å². The molecule has 0 saturated carbocycles. The summed E-state index contributed by atoms with van der Waals surface area (Å²) >= 11 is 0. The van der Waals surface area contributed by atoms with Gasteiger partial charge in [0.1, 0.15) is 0 Å². The lowest BCUT2D eigenvalue weighted by molar-refractivity contribution is 0.242. The highest BCUT2D eigenvalue weighted by molar-refractivity contribution is 7.89. The molecule has 1 fully saturated rings. The molecule has 1 N–H and O–H groups in total. The van der Waals surface area contributed by atoms with Gasteiger partial charge in [-0.25, -0.2) is 8.42 Å². The van der Waals surface area contributed by atoms with Gasteiger partial charge in [-0.3, -0.25) is 0 Å². The Kier molecular flexibility index (Phi) is 6.08. The predicted octanol–water partition coefficient (Wildman–Crippen LogP) is 1.82. The van der Waals surface area contributed by atoms with Crippen LogP contribution < -0.4 is 5.32 Å². The van der Waals surface area contributed by atoms with E-state index in [0.717, 1.165) is 32.4 Å². The second-order valence-corrected chi connectivity index (χ2v) is 8.35. The van der Waals surface area contributed by atoms with E-state index in [9.17, 15) is 8.42 Å². The minimum atomic E-state index is -3.11. The zero-order valence-corrected chi connectivity index (χ0v) is 13.0. The second kappa shape index (κ2) is 6.87. The van der Waals surface area contributed by atoms with Crippen LogP contribution in [0.5, 0.6) is 0 Å². The largest absolute Gasteiger partial charge is 0.315 e. The fourth-order valence-electron chi connectivity index (χ4n) is 2.32. The maximum absolute atomic E-state index is 12.3. The standard InChI is InChI=1S/C13H28N2O2S/c1-11(2)9-14-10-13-7-5-6-8-15(13)18(16,17)12(3)4/h11-14H,5-10H2,1-4H3. The van der Waals surface area contributed by atoms with Crippen molar-refractivity contribution in [3.05, 3.63) is 0 Å². The topological polar surface area (TPSA) is 49.4 Å². The molecule has 0 spiro atoms. The van der Waals surface area contributed by atoms with Crippen LogP contribution >= 0.6 is 0 Å². The van der Waals surface area contributed by atoms with E-state index in [-0.39, 0.29) is 11.3 Å². The van der Waals surface area contributed by atoms with E-state index in [1.165, 1.54) is 0 Å². The Morgan fingerprint density at radius 2 is 1.89 bits per heavy atom. The van der Waals surface area contributed by atoms with Gasteiger partial charge in [-0.05, 0) is 39.2 Å². The maximum atomic E-state index is 12.3. The minimum absolute atomic E-state index is 0.143. The van der Waals surface area contributed by atoms with Crippen molar-refractivity contribution in [2.75, 3.05) is 19.6 Å². The SMILES string of the molecule is CC(C)CNCC1CCCCN1S(=O)(=O)C(C)C. The van der Waals surface area contributed by atoms with Gasteiger partial charge in [0, 0.05) is 19.1 Å². The zero-order valence-electron chi connectivity index (χ0n) is 12.1. The van der Waals surface area contributed by atoms with Crippen LogP contribution in [-0.4, -0.2) is 43.6 Å². The fourth-order valence-corrected chi connectivity index (χ4v) is 3.84. The van der Waals surface area contributed by atoms with Crippen molar-refractivity contribution in [1.29, 1.82) is 0 Å². The number of piperidine rings is 1. The zero-order chi connectivity index (χ0) is 13.8. The van der Waals surface area contributed by atoms with Crippen molar-refractivity contribution in [3.8, 4) is 0 Å². The maximum Gasteiger partial charge on any atom is 0.216 e. The van der Waals surface area contributed by atoms with E-state index in [1.54, 1.807) is 18.2 Å². The van der Waals surface area contributed by atoms with Crippen molar-refractivity contribution in [3.63, 3.8) is 0 Å². The summed E-state index contributed by atoms with van der Waals surface area (Å²) in [5.74, 6) is 0.601. The molecule has 18 heavy (non-hydrogen) atoms. The summed E-state index contributed by atoms with van der Waals surface area (Å²) in [7, 11) is -3.11. The van der Waals surface area contributed by atoms with Crippen LogP contribution in [0.3, 0.4) is 0 Å². The summed E-state index contributed by atoms with van der Waals surface area (Å²) in [6.07, 6.45) is 3.11. The Bertz CT molecular complexity index is 339. The Labute approximate surface area is 112 Å². The quantitative estimate of drug-likeness (QED) is 0.805. The molecule has 0 aromatic rings. The average molecular weight is 276 g/mol. The minimum Gasteiger partial charge on any atom is -0.315 e. The lowest BCUT2D eigenvalue weighted by atomic mass is 10.0. The third kappa shape index (κ3) is 4.21. The molecule has 0 aromatic carbocycles. The highest BCUT2D eigenvalue weighted by Gasteiger charge is 2.33. The number of hydrogen-bond acceptors (Lipinski definition) is 3. The molecule has 0 aromatic heterocycles. The molecular formula is C13H28N2O2S. The van der Waals surface area contributed by atoms with Gasteiger partial charge in [-0.1, -0.05) is 20.3 Å². The molecular weight excluding hydrogens is 248 g/mol. The van der Waals surface area contributed by atoms with Gasteiger partial charge in [0.05, 0.1) is 5.25 Å². The first kappa shape index (κ1) is 15.9. The molecule has 108 valence electrons. The van der Waals surface area contributed by atoms with Crippen LogP contribution in [0.25, 0.3) is 0 Å². The van der Waals surface area contributed by atoms with E-state index in [4.69, 9.17) is 0 Å². The molecule has 1 aliphatic rings. The number of rotatable bonds is 6. The van der Waals surface area contributed by atoms with Gasteiger partial charge in [0.2, 0.25) is 10.0 Å². The molecule has 4 nitrogen and oxygen atoms in total. The summed E-state index contributed by atoms with van der Waals surface area (Å²) in [6, 6.07) is 0.143. The molecule has 0 radical (unpaired) electrons. The van der Waals surface area contributed by atoms with E-state index >= 15 is 0 Å². The van der Waals surface area contributed by atoms with Crippen LogP contribution in [0.4, 0.5) is 0 Å². The van der Waals surface area contributed by atoms with Crippen molar-refractivity contribution < 1.29 is 8.42 Å². The Morgan fingerprint density at radius 1 is 1.22 bits per heavy atom. The molecule has 0 aliphatic carbocycles. The molecule has 0 amide bonds. The highest BCUT2D eigenvalue weighted by atomic mass is 32.2. The van der Waals surface area contributed by atoms with Crippen molar-refractivity contribution in [1.82, 2.24) is 9.62 Å². The van der Waals surface area contributed by atoms with E-state index in [0.29, 0.717) is 12.5 Å². The lowest BCUT2D eigenvalue weighted by Gasteiger charge is -2.36. The number of nitrogens with one attached hydrogen (secondary N) is 1. The Morgan fingerprint density at radius 3 is 2.44 bits per heavy atom. The van der Waals surface area contributed by atoms with Gasteiger partial charge in [0.15, 0.2) is 0 Å². The van der Waals surface area contributed by atoms with Crippen LogP contribution in [0.2, 0.25) is 0 Å². The summed E-state index contributed by atoms with van der Waals surface area (Å²) in [4.78, 5) is 0. The monoisotopic (exact) mass is 276 g/mol. The van der Waals surface area contributed by atoms with Crippen LogP contribution in [0.15, 0.2) is 0 Å². The first-order valence-corrected chi connectivity index (χ1v) is 8.57. The molecule has 1 unspecified atom stereocenters. The Balaban J connectivity index is 2.63. The van der Waals surface area contributed by atoms with Gasteiger partial charge in [0.25, 0.3) is 0 Å². The molecule has 1 aliphatic heterocycles. The third-order valence-electron chi connectivity index (χ3n) is 3.43. The van der Waals surface area contributed by atoms with Gasteiger partial charge in [-0.2, -0.15) is 4.31 Å². The lowest BCUT2D eigenvalue weighted by Crippen LogP contribution is -2.50. The first-order valence-electron chi connectivity index (χ1n) is 7.07. The second-order valence-electron chi connectivity index (χ2n) is 5.91. The van der Waals surface area contributed by atoms with Gasteiger partial charge < -0.3 is 5.32 Å².